The highest BCUT2D eigenvalue weighted by atomic mass is 16.1. The summed E-state index contributed by atoms with van der Waals surface area (Å²) in [6.07, 6.45) is 8.23. The Bertz CT molecular complexity index is 355. The number of carbonyl (C=O) groups is 1. The summed E-state index contributed by atoms with van der Waals surface area (Å²) in [6.45, 7) is 0.260. The predicted molar refractivity (Wildman–Crippen MR) is 59.9 cm³/mol. The maximum atomic E-state index is 11.2. The van der Waals surface area contributed by atoms with E-state index in [0.717, 1.165) is 5.69 Å². The summed E-state index contributed by atoms with van der Waals surface area (Å²) in [5, 5.41) is 10.7. The maximum absolute atomic E-state index is 11.2. The SMILES string of the molecule is CNC(=O)Cn1cc(C2CCCCC2)nn1. The lowest BCUT2D eigenvalue weighted by Crippen LogP contribution is -2.23. The molecule has 0 bridgehead atoms. The van der Waals surface area contributed by atoms with E-state index in [9.17, 15) is 4.79 Å². The lowest BCUT2D eigenvalue weighted by atomic mass is 9.87. The molecule has 0 unspecified atom stereocenters. The van der Waals surface area contributed by atoms with E-state index in [4.69, 9.17) is 0 Å². The van der Waals surface area contributed by atoms with Gasteiger partial charge in [0.05, 0.1) is 5.69 Å². The molecule has 1 N–H and O–H groups in total. The van der Waals surface area contributed by atoms with Gasteiger partial charge in [-0.05, 0) is 12.8 Å². The van der Waals surface area contributed by atoms with Gasteiger partial charge < -0.3 is 5.32 Å². The first-order valence-corrected chi connectivity index (χ1v) is 5.90. The minimum absolute atomic E-state index is 0.0416. The Labute approximate surface area is 95.2 Å². The van der Waals surface area contributed by atoms with E-state index in [2.05, 4.69) is 15.6 Å². The van der Waals surface area contributed by atoms with Crippen LogP contribution in [0.5, 0.6) is 0 Å². The van der Waals surface area contributed by atoms with Crippen molar-refractivity contribution in [1.82, 2.24) is 20.3 Å². The number of carbonyl (C=O) groups excluding carboxylic acids is 1. The van der Waals surface area contributed by atoms with E-state index >= 15 is 0 Å². The standard InChI is InChI=1S/C11H18N4O/c1-12-11(16)8-15-7-10(13-14-15)9-5-3-2-4-6-9/h7,9H,2-6,8H2,1H3,(H,12,16). The number of rotatable bonds is 3. The topological polar surface area (TPSA) is 59.8 Å². The summed E-state index contributed by atoms with van der Waals surface area (Å²) in [7, 11) is 1.63. The second-order valence-corrected chi connectivity index (χ2v) is 4.35. The lowest BCUT2D eigenvalue weighted by Gasteiger charge is -2.18. The molecule has 0 radical (unpaired) electrons. The van der Waals surface area contributed by atoms with Gasteiger partial charge in [-0.3, -0.25) is 4.79 Å². The molecule has 88 valence electrons. The van der Waals surface area contributed by atoms with Crippen LogP contribution in [0.4, 0.5) is 0 Å². The van der Waals surface area contributed by atoms with Crippen LogP contribution >= 0.6 is 0 Å². The van der Waals surface area contributed by atoms with Crippen LogP contribution in [0.2, 0.25) is 0 Å². The van der Waals surface area contributed by atoms with Crippen LogP contribution in [-0.4, -0.2) is 27.9 Å². The molecule has 1 aromatic heterocycles. The van der Waals surface area contributed by atoms with E-state index in [1.54, 1.807) is 11.7 Å². The van der Waals surface area contributed by atoms with E-state index in [0.29, 0.717) is 5.92 Å². The molecule has 0 aliphatic heterocycles. The number of likely N-dealkylation sites (N-methyl/N-ethyl adjacent to an activating group) is 1. The van der Waals surface area contributed by atoms with Gasteiger partial charge in [-0.2, -0.15) is 0 Å². The Balaban J connectivity index is 1.98. The molecule has 0 aromatic carbocycles. The van der Waals surface area contributed by atoms with Crippen molar-refractivity contribution in [2.45, 2.75) is 44.6 Å². The average molecular weight is 222 g/mol. The fourth-order valence-electron chi connectivity index (χ4n) is 2.20. The van der Waals surface area contributed by atoms with Gasteiger partial charge in [0.2, 0.25) is 5.91 Å². The average Bonchev–Trinajstić information content (AvgIpc) is 2.78. The minimum Gasteiger partial charge on any atom is -0.358 e. The van der Waals surface area contributed by atoms with Crippen LogP contribution in [0.15, 0.2) is 6.20 Å². The molecular weight excluding hydrogens is 204 g/mol. The fourth-order valence-corrected chi connectivity index (χ4v) is 2.20. The molecule has 0 saturated heterocycles. The van der Waals surface area contributed by atoms with Crippen molar-refractivity contribution in [2.24, 2.45) is 0 Å². The molecule has 1 aliphatic rings. The number of nitrogens with zero attached hydrogens (tertiary/aromatic N) is 3. The summed E-state index contributed by atoms with van der Waals surface area (Å²) < 4.78 is 1.61. The molecule has 1 heterocycles. The molecule has 1 fully saturated rings. The number of aromatic nitrogens is 3. The lowest BCUT2D eigenvalue weighted by molar-refractivity contribution is -0.121. The van der Waals surface area contributed by atoms with E-state index < -0.39 is 0 Å². The quantitative estimate of drug-likeness (QED) is 0.832. The number of hydrogen-bond acceptors (Lipinski definition) is 3. The van der Waals surface area contributed by atoms with Crippen molar-refractivity contribution in [3.8, 4) is 0 Å². The van der Waals surface area contributed by atoms with Gasteiger partial charge in [-0.1, -0.05) is 24.5 Å². The normalized spacial score (nSPS) is 17.3. The molecule has 0 atom stereocenters. The third-order valence-corrected chi connectivity index (χ3v) is 3.16. The number of hydrogen-bond donors (Lipinski definition) is 1. The zero-order chi connectivity index (χ0) is 11.4. The third kappa shape index (κ3) is 2.59. The van der Waals surface area contributed by atoms with Gasteiger partial charge in [-0.25, -0.2) is 4.68 Å². The highest BCUT2D eigenvalue weighted by Gasteiger charge is 2.18. The number of nitrogens with one attached hydrogen (secondary N) is 1. The molecule has 1 aromatic rings. The Morgan fingerprint density at radius 2 is 2.25 bits per heavy atom. The van der Waals surface area contributed by atoms with Crippen molar-refractivity contribution < 1.29 is 4.79 Å². The monoisotopic (exact) mass is 222 g/mol. The molecule has 2 rings (SSSR count). The van der Waals surface area contributed by atoms with Crippen molar-refractivity contribution in [1.29, 1.82) is 0 Å². The van der Waals surface area contributed by atoms with Gasteiger partial charge in [-0.15, -0.1) is 5.10 Å². The Morgan fingerprint density at radius 1 is 1.50 bits per heavy atom. The maximum Gasteiger partial charge on any atom is 0.241 e. The molecule has 1 aliphatic carbocycles. The molecule has 5 heteroatoms. The number of amides is 1. The van der Waals surface area contributed by atoms with Crippen LogP contribution in [0.1, 0.15) is 43.7 Å². The first-order chi connectivity index (χ1) is 7.79. The van der Waals surface area contributed by atoms with Crippen molar-refractivity contribution in [3.05, 3.63) is 11.9 Å². The summed E-state index contributed by atoms with van der Waals surface area (Å²) >= 11 is 0. The Hall–Kier alpha value is -1.39. The van der Waals surface area contributed by atoms with Crippen molar-refractivity contribution >= 4 is 5.91 Å². The predicted octanol–water partition coefficient (Wildman–Crippen LogP) is 1.07. The van der Waals surface area contributed by atoms with Crippen molar-refractivity contribution in [3.63, 3.8) is 0 Å². The zero-order valence-electron chi connectivity index (χ0n) is 9.65. The van der Waals surface area contributed by atoms with Crippen LogP contribution in [-0.2, 0) is 11.3 Å². The first-order valence-electron chi connectivity index (χ1n) is 5.90. The minimum atomic E-state index is -0.0416. The fraction of sp³-hybridized carbons (Fsp3) is 0.727. The van der Waals surface area contributed by atoms with Crippen LogP contribution in [0.3, 0.4) is 0 Å². The summed E-state index contributed by atoms with van der Waals surface area (Å²) in [5.74, 6) is 0.507. The Kier molecular flexibility index (Phi) is 3.54. The van der Waals surface area contributed by atoms with Gasteiger partial charge in [0.25, 0.3) is 0 Å². The Morgan fingerprint density at radius 3 is 2.94 bits per heavy atom. The summed E-state index contributed by atoms with van der Waals surface area (Å²) in [4.78, 5) is 11.2. The molecule has 0 spiro atoms. The molecule has 5 nitrogen and oxygen atoms in total. The third-order valence-electron chi connectivity index (χ3n) is 3.16. The highest BCUT2D eigenvalue weighted by molar-refractivity contribution is 5.75. The van der Waals surface area contributed by atoms with E-state index in [1.807, 2.05) is 6.20 Å². The summed E-state index contributed by atoms with van der Waals surface area (Å²) in [5.41, 5.74) is 1.05. The van der Waals surface area contributed by atoms with Gasteiger partial charge in [0.1, 0.15) is 6.54 Å². The molecule has 1 amide bonds. The van der Waals surface area contributed by atoms with Crippen LogP contribution < -0.4 is 5.32 Å². The van der Waals surface area contributed by atoms with Gasteiger partial charge in [0.15, 0.2) is 0 Å². The molecule has 1 saturated carbocycles. The zero-order valence-corrected chi connectivity index (χ0v) is 9.65. The summed E-state index contributed by atoms with van der Waals surface area (Å²) in [6, 6.07) is 0. The van der Waals surface area contributed by atoms with E-state index in [-0.39, 0.29) is 12.5 Å². The second kappa shape index (κ2) is 5.09. The van der Waals surface area contributed by atoms with Crippen molar-refractivity contribution in [2.75, 3.05) is 7.05 Å². The van der Waals surface area contributed by atoms with Gasteiger partial charge in [0, 0.05) is 19.2 Å². The van der Waals surface area contributed by atoms with Gasteiger partial charge >= 0.3 is 0 Å². The van der Waals surface area contributed by atoms with Crippen LogP contribution in [0.25, 0.3) is 0 Å². The second-order valence-electron chi connectivity index (χ2n) is 4.35. The van der Waals surface area contributed by atoms with E-state index in [1.165, 1.54) is 32.1 Å². The molecular formula is C11H18N4O. The highest BCUT2D eigenvalue weighted by Crippen LogP contribution is 2.30. The largest absolute Gasteiger partial charge is 0.358 e. The first kappa shape index (κ1) is 11.1. The molecule has 16 heavy (non-hydrogen) atoms. The van der Waals surface area contributed by atoms with Crippen LogP contribution in [0, 0.1) is 0 Å². The smallest absolute Gasteiger partial charge is 0.241 e.